The lowest BCUT2D eigenvalue weighted by Crippen LogP contribution is -2.01. The highest BCUT2D eigenvalue weighted by Crippen LogP contribution is 2.41. The van der Waals surface area contributed by atoms with Gasteiger partial charge in [-0.3, -0.25) is 4.79 Å². The van der Waals surface area contributed by atoms with Gasteiger partial charge in [-0.05, 0) is 29.8 Å². The number of ketones is 1. The Balaban J connectivity index is 1.87. The van der Waals surface area contributed by atoms with Gasteiger partial charge in [0.05, 0.1) is 14.2 Å². The molecule has 3 aromatic rings. The molecule has 0 spiro atoms. The van der Waals surface area contributed by atoms with E-state index in [1.165, 1.54) is 6.08 Å². The third kappa shape index (κ3) is 4.60. The van der Waals surface area contributed by atoms with Crippen LogP contribution < -0.4 is 14.2 Å². The topological polar surface area (TPSA) is 44.8 Å². The van der Waals surface area contributed by atoms with Crippen LogP contribution in [0.3, 0.4) is 0 Å². The van der Waals surface area contributed by atoms with Gasteiger partial charge in [-0.15, -0.1) is 0 Å². The Morgan fingerprint density at radius 1 is 0.821 bits per heavy atom. The molecular formula is C24H22O4. The van der Waals surface area contributed by atoms with E-state index in [1.807, 2.05) is 54.6 Å². The zero-order valence-electron chi connectivity index (χ0n) is 15.9. The summed E-state index contributed by atoms with van der Waals surface area (Å²) in [7, 11) is 3.15. The van der Waals surface area contributed by atoms with Gasteiger partial charge in [0.25, 0.3) is 0 Å². The summed E-state index contributed by atoms with van der Waals surface area (Å²) in [6, 6.07) is 22.6. The molecule has 0 atom stereocenters. The minimum Gasteiger partial charge on any atom is -0.493 e. The summed E-state index contributed by atoms with van der Waals surface area (Å²) in [5, 5.41) is 0. The van der Waals surface area contributed by atoms with Crippen LogP contribution >= 0.6 is 0 Å². The molecule has 28 heavy (non-hydrogen) atoms. The van der Waals surface area contributed by atoms with Crippen LogP contribution in [-0.2, 0) is 6.61 Å². The Kier molecular flexibility index (Phi) is 6.47. The summed E-state index contributed by atoms with van der Waals surface area (Å²) in [4.78, 5) is 12.4. The van der Waals surface area contributed by atoms with E-state index in [-0.39, 0.29) is 5.78 Å². The Hall–Kier alpha value is -3.53. The molecule has 0 bridgehead atoms. The molecule has 0 N–H and O–H groups in total. The molecule has 0 aliphatic rings. The van der Waals surface area contributed by atoms with E-state index in [0.717, 1.165) is 11.1 Å². The number of methoxy groups -OCH3 is 2. The lowest BCUT2D eigenvalue weighted by molar-refractivity contribution is 0.104. The summed E-state index contributed by atoms with van der Waals surface area (Å²) in [6.07, 6.45) is 3.25. The van der Waals surface area contributed by atoms with Crippen molar-refractivity contribution in [2.24, 2.45) is 0 Å². The molecular weight excluding hydrogens is 352 g/mol. The fourth-order valence-electron chi connectivity index (χ4n) is 2.79. The molecule has 0 saturated heterocycles. The van der Waals surface area contributed by atoms with Crippen LogP contribution in [-0.4, -0.2) is 20.0 Å². The highest BCUT2D eigenvalue weighted by Gasteiger charge is 2.16. The Bertz CT molecular complexity index is 947. The minimum atomic E-state index is -0.0785. The van der Waals surface area contributed by atoms with E-state index in [0.29, 0.717) is 29.4 Å². The molecule has 0 aromatic heterocycles. The molecule has 4 heteroatoms. The normalized spacial score (nSPS) is 10.6. The summed E-state index contributed by atoms with van der Waals surface area (Å²) in [6.45, 7) is 0.379. The Labute approximate surface area is 165 Å². The first-order valence-corrected chi connectivity index (χ1v) is 8.92. The van der Waals surface area contributed by atoms with Crippen LogP contribution in [0.2, 0.25) is 0 Å². The Morgan fingerprint density at radius 2 is 1.50 bits per heavy atom. The summed E-state index contributed by atoms with van der Waals surface area (Å²) in [5.74, 6) is 1.51. The zero-order valence-corrected chi connectivity index (χ0v) is 15.9. The zero-order chi connectivity index (χ0) is 19.8. The second-order valence-corrected chi connectivity index (χ2v) is 6.06. The second-order valence-electron chi connectivity index (χ2n) is 6.06. The quantitative estimate of drug-likeness (QED) is 0.403. The SMILES string of the molecule is COc1ccc(C=CC(=O)c2ccccc2)c(OC)c1OCc1ccccc1. The highest BCUT2D eigenvalue weighted by molar-refractivity contribution is 6.07. The largest absolute Gasteiger partial charge is 0.493 e. The Morgan fingerprint density at radius 3 is 2.14 bits per heavy atom. The van der Waals surface area contributed by atoms with Gasteiger partial charge >= 0.3 is 0 Å². The van der Waals surface area contributed by atoms with Gasteiger partial charge in [-0.25, -0.2) is 0 Å². The van der Waals surface area contributed by atoms with Crippen LogP contribution in [0.1, 0.15) is 21.5 Å². The first-order chi connectivity index (χ1) is 13.7. The second kappa shape index (κ2) is 9.42. The number of allylic oxidation sites excluding steroid dienone is 1. The average Bonchev–Trinajstić information content (AvgIpc) is 2.76. The third-order valence-corrected chi connectivity index (χ3v) is 4.23. The van der Waals surface area contributed by atoms with Crippen molar-refractivity contribution in [3.05, 3.63) is 95.6 Å². The van der Waals surface area contributed by atoms with Gasteiger partial charge in [0.15, 0.2) is 17.3 Å². The van der Waals surface area contributed by atoms with Crippen LogP contribution in [0.15, 0.2) is 78.9 Å². The smallest absolute Gasteiger partial charge is 0.204 e. The number of hydrogen-bond donors (Lipinski definition) is 0. The van der Waals surface area contributed by atoms with Crippen LogP contribution in [0.25, 0.3) is 6.08 Å². The van der Waals surface area contributed by atoms with Crippen LogP contribution in [0, 0.1) is 0 Å². The van der Waals surface area contributed by atoms with Crippen molar-refractivity contribution in [2.75, 3.05) is 14.2 Å². The van der Waals surface area contributed by atoms with E-state index < -0.39 is 0 Å². The molecule has 142 valence electrons. The number of benzene rings is 3. The summed E-state index contributed by atoms with van der Waals surface area (Å²) >= 11 is 0. The van der Waals surface area contributed by atoms with Crippen molar-refractivity contribution in [3.8, 4) is 17.2 Å². The maximum atomic E-state index is 12.4. The molecule has 0 amide bonds. The first kappa shape index (κ1) is 19.2. The maximum Gasteiger partial charge on any atom is 0.204 e. The predicted molar refractivity (Wildman–Crippen MR) is 110 cm³/mol. The van der Waals surface area contributed by atoms with E-state index >= 15 is 0 Å². The van der Waals surface area contributed by atoms with Crippen molar-refractivity contribution in [1.29, 1.82) is 0 Å². The molecule has 3 aromatic carbocycles. The number of carbonyl (C=O) groups is 1. The predicted octanol–water partition coefficient (Wildman–Crippen LogP) is 5.18. The number of ether oxygens (including phenoxy) is 3. The lowest BCUT2D eigenvalue weighted by Gasteiger charge is -2.16. The molecule has 4 nitrogen and oxygen atoms in total. The van der Waals surface area contributed by atoms with E-state index in [9.17, 15) is 4.79 Å². The van der Waals surface area contributed by atoms with Crippen molar-refractivity contribution >= 4 is 11.9 Å². The molecule has 0 saturated carbocycles. The average molecular weight is 374 g/mol. The summed E-state index contributed by atoms with van der Waals surface area (Å²) < 4.78 is 17.0. The van der Waals surface area contributed by atoms with Crippen LogP contribution in [0.4, 0.5) is 0 Å². The van der Waals surface area contributed by atoms with Gasteiger partial charge in [0, 0.05) is 11.1 Å². The molecule has 0 fully saturated rings. The van der Waals surface area contributed by atoms with Crippen molar-refractivity contribution in [3.63, 3.8) is 0 Å². The fourth-order valence-corrected chi connectivity index (χ4v) is 2.79. The molecule has 0 aliphatic carbocycles. The first-order valence-electron chi connectivity index (χ1n) is 8.92. The van der Waals surface area contributed by atoms with E-state index in [2.05, 4.69) is 0 Å². The van der Waals surface area contributed by atoms with Gasteiger partial charge in [0.1, 0.15) is 6.61 Å². The van der Waals surface area contributed by atoms with Crippen molar-refractivity contribution in [1.82, 2.24) is 0 Å². The van der Waals surface area contributed by atoms with Crippen LogP contribution in [0.5, 0.6) is 17.2 Å². The molecule has 0 aliphatic heterocycles. The van der Waals surface area contributed by atoms with Gasteiger partial charge in [-0.1, -0.05) is 60.7 Å². The number of hydrogen-bond acceptors (Lipinski definition) is 4. The van der Waals surface area contributed by atoms with Gasteiger partial charge < -0.3 is 14.2 Å². The van der Waals surface area contributed by atoms with Crippen molar-refractivity contribution in [2.45, 2.75) is 6.61 Å². The third-order valence-electron chi connectivity index (χ3n) is 4.23. The number of rotatable bonds is 8. The molecule has 0 unspecified atom stereocenters. The van der Waals surface area contributed by atoms with Crippen molar-refractivity contribution < 1.29 is 19.0 Å². The van der Waals surface area contributed by atoms with Gasteiger partial charge in [0.2, 0.25) is 5.75 Å². The van der Waals surface area contributed by atoms with E-state index in [4.69, 9.17) is 14.2 Å². The minimum absolute atomic E-state index is 0.0785. The molecule has 0 heterocycles. The maximum absolute atomic E-state index is 12.4. The summed E-state index contributed by atoms with van der Waals surface area (Å²) in [5.41, 5.74) is 2.40. The monoisotopic (exact) mass is 374 g/mol. The van der Waals surface area contributed by atoms with E-state index in [1.54, 1.807) is 38.5 Å². The van der Waals surface area contributed by atoms with Gasteiger partial charge in [-0.2, -0.15) is 0 Å². The molecule has 0 radical (unpaired) electrons. The highest BCUT2D eigenvalue weighted by atomic mass is 16.5. The lowest BCUT2D eigenvalue weighted by atomic mass is 10.1. The molecule has 3 rings (SSSR count). The standard InChI is InChI=1S/C24H22O4/c1-26-22-16-14-20(13-15-21(25)19-11-7-4-8-12-19)23(27-2)24(22)28-17-18-9-5-3-6-10-18/h3-16H,17H2,1-2H3. The number of carbonyl (C=O) groups excluding carboxylic acids is 1. The fraction of sp³-hybridized carbons (Fsp3) is 0.125.